The van der Waals surface area contributed by atoms with Crippen LogP contribution in [0, 0.1) is 11.5 Å². The summed E-state index contributed by atoms with van der Waals surface area (Å²) in [4.78, 5) is 0. The van der Waals surface area contributed by atoms with Gasteiger partial charge < -0.3 is 0 Å². The van der Waals surface area contributed by atoms with Gasteiger partial charge in [0.1, 0.15) is 0 Å². The molecule has 0 aromatic heterocycles. The quantitative estimate of drug-likeness (QED) is 0.552. The van der Waals surface area contributed by atoms with Gasteiger partial charge in [0.05, 0.1) is 0 Å². The van der Waals surface area contributed by atoms with E-state index in [0.29, 0.717) is 0 Å². The third kappa shape index (κ3) is 3.13. The van der Waals surface area contributed by atoms with Crippen molar-refractivity contribution >= 4 is 29.2 Å². The first-order chi connectivity index (χ1) is 8.59. The topological polar surface area (TPSA) is 0 Å². The number of hydrogen-bond acceptors (Lipinski definition) is 0. The van der Waals surface area contributed by atoms with E-state index in [0.717, 1.165) is 10.0 Å². The Kier molecular flexibility index (Phi) is 4.06. The molecule has 2 aromatic carbocycles. The van der Waals surface area contributed by atoms with Crippen LogP contribution in [0.3, 0.4) is 0 Å². The number of benzene rings is 2. The summed E-state index contributed by atoms with van der Waals surface area (Å²) in [5.41, 5.74) is 4.56. The van der Waals surface area contributed by atoms with Gasteiger partial charge >= 0.3 is 0 Å². The summed E-state index contributed by atoms with van der Waals surface area (Å²) < 4.78 is 1.07. The molecule has 0 amide bonds. The molecule has 0 N–H and O–H groups in total. The van der Waals surface area contributed by atoms with Crippen molar-refractivity contribution in [1.82, 2.24) is 0 Å². The van der Waals surface area contributed by atoms with Gasteiger partial charge in [0.25, 0.3) is 0 Å². The smallest absolute Gasteiger partial charge is 0.121 e. The zero-order chi connectivity index (χ0) is 13.0. The lowest BCUT2D eigenvalue weighted by Gasteiger charge is -2.14. The van der Waals surface area contributed by atoms with Crippen LogP contribution in [-0.2, 0) is 0 Å². The summed E-state index contributed by atoms with van der Waals surface area (Å²) in [6.07, 6.45) is 0. The molecule has 0 radical (unpaired) electrons. The van der Waals surface area contributed by atoms with Gasteiger partial charge in [0.15, 0.2) is 8.07 Å². The number of rotatable bonds is 1. The summed E-state index contributed by atoms with van der Waals surface area (Å²) in [6.45, 7) is 4.57. The Labute approximate surface area is 118 Å². The average molecular weight is 315 g/mol. The van der Waals surface area contributed by atoms with E-state index in [1.165, 1.54) is 5.19 Å². The fraction of sp³-hybridized carbons (Fsp3) is 0.125. The minimum Gasteiger partial charge on any atom is -0.121 e. The Bertz CT molecular complexity index is 591. The second-order valence-electron chi connectivity index (χ2n) is 4.72. The highest BCUT2D eigenvalue weighted by molar-refractivity contribution is 9.10. The van der Waals surface area contributed by atoms with Crippen molar-refractivity contribution in [3.8, 4) is 11.5 Å². The Hall–Kier alpha value is -1.30. The van der Waals surface area contributed by atoms with E-state index in [-0.39, 0.29) is 0 Å². The first kappa shape index (κ1) is 13.1. The molecule has 0 aliphatic rings. The first-order valence-electron chi connectivity index (χ1n) is 5.93. The van der Waals surface area contributed by atoms with Gasteiger partial charge in [0.2, 0.25) is 0 Å². The molecule has 0 fully saturated rings. The molecule has 0 unspecified atom stereocenters. The third-order valence-corrected chi connectivity index (χ3v) is 6.10. The van der Waals surface area contributed by atoms with Crippen LogP contribution < -0.4 is 5.19 Å². The zero-order valence-electron chi connectivity index (χ0n) is 10.6. The summed E-state index contributed by atoms with van der Waals surface area (Å²) in [5.74, 6) is 3.32. The highest BCUT2D eigenvalue weighted by atomic mass is 79.9. The van der Waals surface area contributed by atoms with Crippen molar-refractivity contribution in [2.75, 3.05) is 0 Å². The van der Waals surface area contributed by atoms with E-state index in [1.807, 2.05) is 24.3 Å². The molecule has 90 valence electrons. The zero-order valence-corrected chi connectivity index (χ0v) is 13.2. The molecule has 18 heavy (non-hydrogen) atoms. The minimum atomic E-state index is -1.67. The summed E-state index contributed by atoms with van der Waals surface area (Å²) in [6, 6.07) is 18.7. The lowest BCUT2D eigenvalue weighted by molar-refractivity contribution is 1.59. The summed E-state index contributed by atoms with van der Waals surface area (Å²) >= 11 is 3.53. The van der Waals surface area contributed by atoms with Gasteiger partial charge in [-0.25, -0.2) is 0 Å². The number of halogens is 1. The SMILES string of the molecule is C[Si](C)(C#Cc1ccccc1Br)c1ccccc1. The van der Waals surface area contributed by atoms with Crippen molar-refractivity contribution < 1.29 is 0 Å². The van der Waals surface area contributed by atoms with E-state index >= 15 is 0 Å². The molecule has 0 saturated carbocycles. The maximum Gasteiger partial charge on any atom is 0.163 e. The van der Waals surface area contributed by atoms with Crippen LogP contribution in [0.5, 0.6) is 0 Å². The maximum atomic E-state index is 3.53. The Morgan fingerprint density at radius 3 is 2.17 bits per heavy atom. The molecule has 2 rings (SSSR count). The Morgan fingerprint density at radius 1 is 0.889 bits per heavy atom. The van der Waals surface area contributed by atoms with Gasteiger partial charge in [-0.1, -0.05) is 61.5 Å². The molecule has 0 spiro atoms. The highest BCUT2D eigenvalue weighted by Crippen LogP contribution is 2.14. The lowest BCUT2D eigenvalue weighted by atomic mass is 10.2. The van der Waals surface area contributed by atoms with Crippen molar-refractivity contribution in [2.45, 2.75) is 13.1 Å². The van der Waals surface area contributed by atoms with Gasteiger partial charge in [-0.15, -0.1) is 5.54 Å². The molecule has 2 aromatic rings. The van der Waals surface area contributed by atoms with Crippen LogP contribution in [0.15, 0.2) is 59.1 Å². The molecular weight excluding hydrogens is 300 g/mol. The molecule has 2 heteroatoms. The molecule has 0 atom stereocenters. The van der Waals surface area contributed by atoms with Crippen molar-refractivity contribution in [3.05, 3.63) is 64.6 Å². The fourth-order valence-electron chi connectivity index (χ4n) is 1.71. The Balaban J connectivity index is 2.33. The van der Waals surface area contributed by atoms with Crippen LogP contribution in [0.4, 0.5) is 0 Å². The largest absolute Gasteiger partial charge is 0.163 e. The maximum absolute atomic E-state index is 3.53. The molecule has 0 nitrogen and oxygen atoms in total. The van der Waals surface area contributed by atoms with Crippen molar-refractivity contribution in [1.29, 1.82) is 0 Å². The van der Waals surface area contributed by atoms with E-state index in [9.17, 15) is 0 Å². The van der Waals surface area contributed by atoms with Gasteiger partial charge in [-0.2, -0.15) is 0 Å². The average Bonchev–Trinajstić information content (AvgIpc) is 2.39. The van der Waals surface area contributed by atoms with Gasteiger partial charge in [-0.05, 0) is 33.2 Å². The predicted octanol–water partition coefficient (Wildman–Crippen LogP) is 3.96. The van der Waals surface area contributed by atoms with Crippen LogP contribution in [-0.4, -0.2) is 8.07 Å². The third-order valence-electron chi connectivity index (χ3n) is 2.88. The van der Waals surface area contributed by atoms with E-state index in [2.05, 4.69) is 70.8 Å². The molecule has 0 saturated heterocycles. The highest BCUT2D eigenvalue weighted by Gasteiger charge is 2.20. The standard InChI is InChI=1S/C16H15BrSi/c1-18(2,15-9-4-3-5-10-15)13-12-14-8-6-7-11-16(14)17/h3-11H,1-2H3. The second kappa shape index (κ2) is 5.56. The molecule has 0 aliphatic carbocycles. The minimum absolute atomic E-state index is 1.06. The van der Waals surface area contributed by atoms with E-state index < -0.39 is 8.07 Å². The van der Waals surface area contributed by atoms with Gasteiger partial charge in [0, 0.05) is 10.0 Å². The first-order valence-corrected chi connectivity index (χ1v) is 9.72. The van der Waals surface area contributed by atoms with Crippen LogP contribution in [0.1, 0.15) is 5.56 Å². The fourth-order valence-corrected chi connectivity index (χ4v) is 3.71. The normalized spacial score (nSPS) is 10.6. The van der Waals surface area contributed by atoms with Crippen LogP contribution >= 0.6 is 15.9 Å². The number of hydrogen-bond donors (Lipinski definition) is 0. The molecule has 0 heterocycles. The van der Waals surface area contributed by atoms with E-state index in [4.69, 9.17) is 0 Å². The summed E-state index contributed by atoms with van der Waals surface area (Å²) in [7, 11) is -1.67. The monoisotopic (exact) mass is 314 g/mol. The lowest BCUT2D eigenvalue weighted by Crippen LogP contribution is -2.39. The second-order valence-corrected chi connectivity index (χ2v) is 9.65. The van der Waals surface area contributed by atoms with Crippen LogP contribution in [0.2, 0.25) is 13.1 Å². The van der Waals surface area contributed by atoms with Gasteiger partial charge in [-0.3, -0.25) is 0 Å². The Morgan fingerprint density at radius 2 is 1.50 bits per heavy atom. The van der Waals surface area contributed by atoms with Crippen LogP contribution in [0.25, 0.3) is 0 Å². The predicted molar refractivity (Wildman–Crippen MR) is 84.6 cm³/mol. The van der Waals surface area contributed by atoms with E-state index in [1.54, 1.807) is 0 Å². The molecular formula is C16H15BrSi. The molecule has 0 bridgehead atoms. The summed E-state index contributed by atoms with van der Waals surface area (Å²) in [5, 5.41) is 1.38. The van der Waals surface area contributed by atoms with Crippen molar-refractivity contribution in [2.24, 2.45) is 0 Å². The molecule has 0 aliphatic heterocycles. The van der Waals surface area contributed by atoms with Crippen molar-refractivity contribution in [3.63, 3.8) is 0 Å².